The van der Waals surface area contributed by atoms with Crippen molar-refractivity contribution in [1.82, 2.24) is 0 Å². The zero-order chi connectivity index (χ0) is 24.2. The number of hydrogen-bond acceptors (Lipinski definition) is 3. The van der Waals surface area contributed by atoms with Gasteiger partial charge in [-0.05, 0) is 114 Å². The fourth-order valence-electron chi connectivity index (χ4n) is 11.2. The molecule has 0 radical (unpaired) electrons. The second kappa shape index (κ2) is 7.09. The van der Waals surface area contributed by atoms with Gasteiger partial charge in [-0.3, -0.25) is 4.79 Å². The molecule has 3 nitrogen and oxygen atoms in total. The summed E-state index contributed by atoms with van der Waals surface area (Å²) in [5, 5.41) is 21.0. The van der Waals surface area contributed by atoms with Gasteiger partial charge in [-0.1, -0.05) is 48.5 Å². The number of aliphatic hydroxyl groups excluding tert-OH is 2. The Labute approximate surface area is 202 Å². The van der Waals surface area contributed by atoms with E-state index in [0.717, 1.165) is 12.8 Å². The zero-order valence-electron chi connectivity index (χ0n) is 22.5. The van der Waals surface area contributed by atoms with Gasteiger partial charge in [-0.15, -0.1) is 0 Å². The third-order valence-electron chi connectivity index (χ3n) is 14.0. The molecule has 5 aliphatic rings. The lowest BCUT2D eigenvalue weighted by Gasteiger charge is -2.75. The molecule has 0 spiro atoms. The Kier molecular flexibility index (Phi) is 5.22. The van der Waals surface area contributed by atoms with E-state index >= 15 is 0 Å². The van der Waals surface area contributed by atoms with Gasteiger partial charge in [0.15, 0.2) is 5.78 Å². The van der Waals surface area contributed by atoms with Gasteiger partial charge in [-0.25, -0.2) is 0 Å². The molecule has 0 heterocycles. The predicted molar refractivity (Wildman–Crippen MR) is 133 cm³/mol. The molecule has 5 fully saturated rings. The highest BCUT2D eigenvalue weighted by atomic mass is 16.3. The van der Waals surface area contributed by atoms with Gasteiger partial charge in [0.2, 0.25) is 0 Å². The average molecular weight is 459 g/mol. The number of carbonyl (C=O) groups is 1. The summed E-state index contributed by atoms with van der Waals surface area (Å²) in [6.45, 7) is 17.5. The molecule has 3 heteroatoms. The molecule has 0 aromatic carbocycles. The molecule has 11 atom stereocenters. The van der Waals surface area contributed by atoms with E-state index in [0.29, 0.717) is 41.6 Å². The van der Waals surface area contributed by atoms with Crippen LogP contribution in [0.3, 0.4) is 0 Å². The fraction of sp³-hybridized carbons (Fsp3) is 0.967. The maximum atomic E-state index is 12.8. The van der Waals surface area contributed by atoms with Gasteiger partial charge in [-0.2, -0.15) is 0 Å². The summed E-state index contributed by atoms with van der Waals surface area (Å²) in [6, 6.07) is 0. The summed E-state index contributed by atoms with van der Waals surface area (Å²) in [7, 11) is 0. The van der Waals surface area contributed by atoms with Crippen LogP contribution in [0.4, 0.5) is 0 Å². The molecule has 0 bridgehead atoms. The summed E-state index contributed by atoms with van der Waals surface area (Å²) < 4.78 is 0. The summed E-state index contributed by atoms with van der Waals surface area (Å²) in [5.41, 5.74) is 1.27. The molecular weight excluding hydrogens is 408 g/mol. The van der Waals surface area contributed by atoms with E-state index in [2.05, 4.69) is 48.5 Å². The van der Waals surface area contributed by atoms with E-state index in [-0.39, 0.29) is 33.4 Å². The van der Waals surface area contributed by atoms with Crippen LogP contribution < -0.4 is 0 Å². The van der Waals surface area contributed by atoms with E-state index in [4.69, 9.17) is 0 Å². The second-order valence-electron chi connectivity index (χ2n) is 15.2. The Morgan fingerprint density at radius 2 is 1.39 bits per heavy atom. The maximum Gasteiger partial charge on any atom is 0.164 e. The van der Waals surface area contributed by atoms with Gasteiger partial charge in [0.25, 0.3) is 0 Å². The lowest BCUT2D eigenvalue weighted by atomic mass is 9.30. The smallest absolute Gasteiger partial charge is 0.164 e. The van der Waals surface area contributed by atoms with Crippen LogP contribution in [-0.2, 0) is 4.79 Å². The normalized spacial score (nSPS) is 60.9. The highest BCUT2D eigenvalue weighted by Crippen LogP contribution is 2.78. The van der Waals surface area contributed by atoms with Crippen LogP contribution in [0.2, 0.25) is 0 Å². The van der Waals surface area contributed by atoms with Gasteiger partial charge < -0.3 is 10.2 Å². The summed E-state index contributed by atoms with van der Waals surface area (Å²) in [6.07, 6.45) is 10.9. The van der Waals surface area contributed by atoms with E-state index in [9.17, 15) is 15.0 Å². The van der Waals surface area contributed by atoms with Crippen molar-refractivity contribution in [1.29, 1.82) is 0 Å². The quantitative estimate of drug-likeness (QED) is 0.478. The maximum absolute atomic E-state index is 12.8. The van der Waals surface area contributed by atoms with Crippen LogP contribution in [0.25, 0.3) is 0 Å². The predicted octanol–water partition coefficient (Wildman–Crippen LogP) is 6.40. The Bertz CT molecular complexity index is 838. The summed E-state index contributed by atoms with van der Waals surface area (Å²) in [4.78, 5) is 12.8. The van der Waals surface area contributed by atoms with Crippen molar-refractivity contribution < 1.29 is 15.0 Å². The van der Waals surface area contributed by atoms with Crippen molar-refractivity contribution in [3.63, 3.8) is 0 Å². The van der Waals surface area contributed by atoms with Crippen LogP contribution in [-0.4, -0.2) is 28.7 Å². The molecule has 188 valence electrons. The van der Waals surface area contributed by atoms with E-state index in [1.165, 1.54) is 44.9 Å². The minimum atomic E-state index is -0.770. The molecule has 0 unspecified atom stereocenters. The molecule has 0 amide bonds. The standard InChI is InChI=1S/C30H50O3/c1-19-24(33)20(32)16-22-27(19,4)9-8-21-28(22,5)13-15-30(7)23-17-25(2,18-31)10-11-26(23,3)12-14-29(21,30)6/h19-23,31-32H,8-18H2,1-7H3/t19-,20+,21+,22+,23+,25-,26+,27-,28+,29+,30-/m0/s1. The SMILES string of the molecule is C[C@H]1C(=O)[C@H](O)C[C@H]2[C@]3(C)CC[C@@]4(C)[C@@H]5C[C@@](C)(CO)CC[C@]5(C)CC[C@]4(C)[C@@H]3CC[C@]21C. The van der Waals surface area contributed by atoms with Crippen LogP contribution in [0.5, 0.6) is 0 Å². The Hall–Kier alpha value is -0.410. The van der Waals surface area contributed by atoms with Crippen LogP contribution in [0.15, 0.2) is 0 Å². The number of Topliss-reactive ketones (excluding diaryl/α,β-unsaturated/α-hetero) is 1. The molecule has 33 heavy (non-hydrogen) atoms. The van der Waals surface area contributed by atoms with Crippen LogP contribution in [0.1, 0.15) is 113 Å². The lowest BCUT2D eigenvalue weighted by Crippen LogP contribution is -2.68. The van der Waals surface area contributed by atoms with Crippen LogP contribution >= 0.6 is 0 Å². The van der Waals surface area contributed by atoms with Gasteiger partial charge >= 0.3 is 0 Å². The molecule has 5 rings (SSSR count). The minimum Gasteiger partial charge on any atom is -0.396 e. The number of carbonyl (C=O) groups excluding carboxylic acids is 1. The first-order chi connectivity index (χ1) is 15.2. The summed E-state index contributed by atoms with van der Waals surface area (Å²) in [5.74, 6) is 1.80. The van der Waals surface area contributed by atoms with Gasteiger partial charge in [0.1, 0.15) is 6.10 Å². The van der Waals surface area contributed by atoms with Gasteiger partial charge in [0.05, 0.1) is 0 Å². The first-order valence-corrected chi connectivity index (χ1v) is 14.0. The van der Waals surface area contributed by atoms with E-state index in [1.807, 2.05) is 0 Å². The zero-order valence-corrected chi connectivity index (χ0v) is 22.5. The Morgan fingerprint density at radius 3 is 2.06 bits per heavy atom. The molecule has 5 aliphatic carbocycles. The number of aliphatic hydroxyl groups is 2. The molecule has 0 saturated heterocycles. The lowest BCUT2D eigenvalue weighted by molar-refractivity contribution is -0.261. The van der Waals surface area contributed by atoms with Crippen LogP contribution in [0, 0.1) is 56.2 Å². The van der Waals surface area contributed by atoms with Crippen molar-refractivity contribution in [2.45, 2.75) is 119 Å². The molecule has 0 aromatic heterocycles. The third-order valence-corrected chi connectivity index (χ3v) is 14.0. The molecule has 0 aliphatic heterocycles. The third kappa shape index (κ3) is 2.90. The fourth-order valence-corrected chi connectivity index (χ4v) is 11.2. The van der Waals surface area contributed by atoms with Crippen molar-refractivity contribution in [3.05, 3.63) is 0 Å². The number of rotatable bonds is 1. The van der Waals surface area contributed by atoms with Crippen molar-refractivity contribution >= 4 is 5.78 Å². The number of ketones is 1. The highest BCUT2D eigenvalue weighted by Gasteiger charge is 2.71. The molecule has 2 N–H and O–H groups in total. The number of fused-ring (bicyclic) bond motifs is 7. The average Bonchev–Trinajstić information content (AvgIpc) is 2.77. The summed E-state index contributed by atoms with van der Waals surface area (Å²) >= 11 is 0. The molecule has 5 saturated carbocycles. The molecular formula is C30H50O3. The largest absolute Gasteiger partial charge is 0.396 e. The van der Waals surface area contributed by atoms with Crippen molar-refractivity contribution in [2.24, 2.45) is 56.2 Å². The first-order valence-electron chi connectivity index (χ1n) is 14.0. The number of hydrogen-bond donors (Lipinski definition) is 2. The monoisotopic (exact) mass is 458 g/mol. The second-order valence-corrected chi connectivity index (χ2v) is 15.2. The Morgan fingerprint density at radius 1 is 0.788 bits per heavy atom. The first kappa shape index (κ1) is 24.3. The Balaban J connectivity index is 1.55. The topological polar surface area (TPSA) is 57.5 Å². The van der Waals surface area contributed by atoms with Gasteiger partial charge in [0, 0.05) is 12.5 Å². The molecule has 0 aromatic rings. The van der Waals surface area contributed by atoms with E-state index < -0.39 is 6.10 Å². The van der Waals surface area contributed by atoms with Crippen molar-refractivity contribution in [2.75, 3.05) is 6.61 Å². The minimum absolute atomic E-state index is 0.0230. The highest BCUT2D eigenvalue weighted by molar-refractivity contribution is 5.86. The van der Waals surface area contributed by atoms with E-state index in [1.54, 1.807) is 0 Å². The van der Waals surface area contributed by atoms with Crippen molar-refractivity contribution in [3.8, 4) is 0 Å².